The fourth-order valence-electron chi connectivity index (χ4n) is 5.17. The molecule has 1 saturated carbocycles. The number of nitrogens with zero attached hydrogens (tertiary/aromatic N) is 3. The van der Waals surface area contributed by atoms with Gasteiger partial charge >= 0.3 is 0 Å². The van der Waals surface area contributed by atoms with Gasteiger partial charge in [0, 0.05) is 29.7 Å². The number of benzene rings is 2. The molecule has 2 aromatic heterocycles. The topological polar surface area (TPSA) is 71.6 Å². The number of aromatic nitrogens is 3. The Balaban J connectivity index is 1.44. The second-order valence-electron chi connectivity index (χ2n) is 9.06. The number of hydrogen-bond acceptors (Lipinski definition) is 4. The number of aryl methyl sites for hydroxylation is 1. The van der Waals surface area contributed by atoms with Gasteiger partial charge in [-0.25, -0.2) is 14.4 Å². The zero-order valence-corrected chi connectivity index (χ0v) is 18.1. The Labute approximate surface area is 190 Å². The molecule has 2 aromatic carbocycles. The number of fused-ring (bicyclic) bond motifs is 2. The van der Waals surface area contributed by atoms with Crippen molar-refractivity contribution < 1.29 is 4.39 Å². The quantitative estimate of drug-likeness (QED) is 0.434. The molecule has 0 saturated heterocycles. The van der Waals surface area contributed by atoms with Gasteiger partial charge in [-0.3, -0.25) is 4.79 Å². The first-order valence-corrected chi connectivity index (χ1v) is 11.4. The summed E-state index contributed by atoms with van der Waals surface area (Å²) in [5.74, 6) is 0.0249. The molecule has 1 fully saturated rings. The van der Waals surface area contributed by atoms with Gasteiger partial charge in [0.05, 0.1) is 17.1 Å². The zero-order chi connectivity index (χ0) is 22.5. The summed E-state index contributed by atoms with van der Waals surface area (Å²) in [5.41, 5.74) is 5.30. The minimum atomic E-state index is -0.414. The van der Waals surface area contributed by atoms with Crippen molar-refractivity contribution in [1.29, 1.82) is 5.41 Å². The summed E-state index contributed by atoms with van der Waals surface area (Å²) in [6.07, 6.45) is 11.1. The van der Waals surface area contributed by atoms with Crippen LogP contribution in [0.1, 0.15) is 59.9 Å². The van der Waals surface area contributed by atoms with Gasteiger partial charge in [0.15, 0.2) is 0 Å². The summed E-state index contributed by atoms with van der Waals surface area (Å²) < 4.78 is 16.7. The zero-order valence-electron chi connectivity index (χ0n) is 18.1. The number of nitrogens with one attached hydrogen (secondary N) is 1. The Morgan fingerprint density at radius 1 is 1.12 bits per heavy atom. The van der Waals surface area contributed by atoms with Crippen molar-refractivity contribution in [2.24, 2.45) is 0 Å². The lowest BCUT2D eigenvalue weighted by atomic mass is 9.85. The van der Waals surface area contributed by atoms with E-state index in [0.29, 0.717) is 16.9 Å². The van der Waals surface area contributed by atoms with E-state index < -0.39 is 5.82 Å². The molecule has 33 heavy (non-hydrogen) atoms. The lowest BCUT2D eigenvalue weighted by Crippen LogP contribution is -2.28. The highest BCUT2D eigenvalue weighted by Gasteiger charge is 2.27. The van der Waals surface area contributed by atoms with Gasteiger partial charge in [-0.1, -0.05) is 18.2 Å². The molecule has 0 amide bonds. The first-order chi connectivity index (χ1) is 16.1. The maximum absolute atomic E-state index is 15.0. The molecule has 1 atom stereocenters. The normalized spacial score (nSPS) is 17.7. The molecule has 0 aliphatic heterocycles. The average Bonchev–Trinajstić information content (AvgIpc) is 3.69. The second-order valence-corrected chi connectivity index (χ2v) is 9.06. The Hall–Kier alpha value is -3.67. The number of hydrogen-bond donors (Lipinski definition) is 1. The van der Waals surface area contributed by atoms with Gasteiger partial charge in [0.2, 0.25) is 0 Å². The van der Waals surface area contributed by atoms with Gasteiger partial charge in [-0.2, -0.15) is 0 Å². The Morgan fingerprint density at radius 3 is 2.82 bits per heavy atom. The summed E-state index contributed by atoms with van der Waals surface area (Å²) in [6, 6.07) is 11.4. The third kappa shape index (κ3) is 3.37. The summed E-state index contributed by atoms with van der Waals surface area (Å²) in [4.78, 5) is 21.8. The van der Waals surface area contributed by atoms with E-state index in [0.717, 1.165) is 60.1 Å². The van der Waals surface area contributed by atoms with Crippen LogP contribution in [0.5, 0.6) is 0 Å². The van der Waals surface area contributed by atoms with E-state index in [9.17, 15) is 4.79 Å². The molecular formula is C27H23FN4O. The molecule has 0 bridgehead atoms. The predicted molar refractivity (Wildman–Crippen MR) is 127 cm³/mol. The van der Waals surface area contributed by atoms with Crippen LogP contribution in [0.2, 0.25) is 0 Å². The summed E-state index contributed by atoms with van der Waals surface area (Å²) >= 11 is 0. The smallest absolute Gasteiger partial charge is 0.261 e. The molecule has 6 rings (SSSR count). The molecule has 0 spiro atoms. The number of rotatable bonds is 4. The van der Waals surface area contributed by atoms with Crippen molar-refractivity contribution >= 4 is 17.0 Å². The molecule has 6 heteroatoms. The summed E-state index contributed by atoms with van der Waals surface area (Å²) in [5, 5.41) is 8.51. The van der Waals surface area contributed by atoms with E-state index in [1.165, 1.54) is 12.5 Å². The molecular weight excluding hydrogens is 415 g/mol. The largest absolute Gasteiger partial charge is 0.308 e. The first kappa shape index (κ1) is 20.0. The summed E-state index contributed by atoms with van der Waals surface area (Å²) in [6.45, 7) is 0. The molecule has 2 aliphatic carbocycles. The fourth-order valence-corrected chi connectivity index (χ4v) is 5.17. The fraction of sp³-hybridized carbons (Fsp3) is 0.259. The molecule has 1 unspecified atom stereocenters. The van der Waals surface area contributed by atoms with E-state index in [2.05, 4.69) is 16.0 Å². The van der Waals surface area contributed by atoms with Crippen molar-refractivity contribution in [2.45, 2.75) is 44.1 Å². The van der Waals surface area contributed by atoms with E-state index in [-0.39, 0.29) is 17.0 Å². The highest BCUT2D eigenvalue weighted by atomic mass is 19.1. The highest BCUT2D eigenvalue weighted by molar-refractivity contribution is 5.86. The van der Waals surface area contributed by atoms with Gasteiger partial charge in [0.25, 0.3) is 5.56 Å². The van der Waals surface area contributed by atoms with E-state index in [1.54, 1.807) is 16.8 Å². The van der Waals surface area contributed by atoms with Crippen LogP contribution in [0, 0.1) is 11.2 Å². The van der Waals surface area contributed by atoms with E-state index in [4.69, 9.17) is 5.41 Å². The van der Waals surface area contributed by atoms with E-state index in [1.807, 2.05) is 30.5 Å². The Morgan fingerprint density at radius 2 is 2.00 bits per heavy atom. The predicted octanol–water partition coefficient (Wildman–Crippen LogP) is 5.40. The van der Waals surface area contributed by atoms with Crippen molar-refractivity contribution in [3.8, 4) is 11.3 Å². The minimum Gasteiger partial charge on any atom is -0.308 e. The van der Waals surface area contributed by atoms with Crippen molar-refractivity contribution in [3.05, 3.63) is 93.5 Å². The monoisotopic (exact) mass is 438 g/mol. The van der Waals surface area contributed by atoms with Crippen LogP contribution in [0.3, 0.4) is 0 Å². The lowest BCUT2D eigenvalue weighted by Gasteiger charge is -2.28. The number of halogens is 1. The van der Waals surface area contributed by atoms with Crippen LogP contribution in [0.25, 0.3) is 22.0 Å². The summed E-state index contributed by atoms with van der Waals surface area (Å²) in [7, 11) is 0. The van der Waals surface area contributed by atoms with Crippen LogP contribution in [-0.2, 0) is 6.42 Å². The second kappa shape index (κ2) is 7.73. The van der Waals surface area contributed by atoms with Crippen LogP contribution < -0.4 is 5.56 Å². The molecule has 0 radical (unpaired) electrons. The van der Waals surface area contributed by atoms with E-state index >= 15 is 4.39 Å². The van der Waals surface area contributed by atoms with Gasteiger partial charge in [0.1, 0.15) is 12.1 Å². The maximum Gasteiger partial charge on any atom is 0.261 e. The minimum absolute atomic E-state index is 0.130. The van der Waals surface area contributed by atoms with Gasteiger partial charge in [-0.15, -0.1) is 0 Å². The van der Waals surface area contributed by atoms with Crippen molar-refractivity contribution in [2.75, 3.05) is 0 Å². The molecule has 2 heterocycles. The SMILES string of the molecule is N=Cc1cncnc1-c1ccc2c(c1)CCCC2n1ccc2cc(C3CC3)cc(F)c2c1=O. The van der Waals surface area contributed by atoms with Crippen molar-refractivity contribution in [3.63, 3.8) is 0 Å². The van der Waals surface area contributed by atoms with Gasteiger partial charge in [-0.05, 0) is 78.3 Å². The average molecular weight is 439 g/mol. The van der Waals surface area contributed by atoms with Crippen LogP contribution in [-0.4, -0.2) is 20.7 Å². The third-order valence-electron chi connectivity index (χ3n) is 6.99. The van der Waals surface area contributed by atoms with Crippen LogP contribution in [0.4, 0.5) is 4.39 Å². The molecule has 5 nitrogen and oxygen atoms in total. The van der Waals surface area contributed by atoms with Crippen LogP contribution >= 0.6 is 0 Å². The number of pyridine rings is 1. The molecule has 164 valence electrons. The standard InChI is InChI=1S/C27H23FN4O/c28-23-12-20(16-4-5-16)11-18-8-9-32(27(33)25(18)23)24-3-1-2-17-10-19(6-7-22(17)24)26-21(13-29)14-30-15-31-26/h6-16,24,29H,1-5H2. The lowest BCUT2D eigenvalue weighted by molar-refractivity contribution is 0.479. The van der Waals surface area contributed by atoms with Gasteiger partial charge < -0.3 is 9.98 Å². The van der Waals surface area contributed by atoms with Crippen molar-refractivity contribution in [1.82, 2.24) is 14.5 Å². The Kier molecular flexibility index (Phi) is 4.68. The molecule has 2 aliphatic rings. The highest BCUT2D eigenvalue weighted by Crippen LogP contribution is 2.41. The maximum atomic E-state index is 15.0. The molecule has 1 N–H and O–H groups in total. The molecule has 4 aromatic rings. The third-order valence-corrected chi connectivity index (χ3v) is 6.99. The van der Waals surface area contributed by atoms with Crippen LogP contribution in [0.15, 0.2) is 59.9 Å². The first-order valence-electron chi connectivity index (χ1n) is 11.4. The Bertz CT molecular complexity index is 1470.